The molecule has 0 bridgehead atoms. The number of nitrogens with one attached hydrogen (secondary N) is 1. The van der Waals surface area contributed by atoms with Crippen molar-refractivity contribution >= 4 is 6.08 Å². The van der Waals surface area contributed by atoms with Gasteiger partial charge in [-0.15, -0.1) is 0 Å². The van der Waals surface area contributed by atoms with Crippen molar-refractivity contribution in [2.75, 3.05) is 6.54 Å². The number of hydrogen-bond donors (Lipinski definition) is 1. The Bertz CT molecular complexity index is 422. The lowest BCUT2D eigenvalue weighted by Crippen LogP contribution is -2.36. The van der Waals surface area contributed by atoms with Crippen LogP contribution in [0.4, 0.5) is 0 Å². The molecular formula is C18H27N. The quantitative estimate of drug-likeness (QED) is 0.751. The summed E-state index contributed by atoms with van der Waals surface area (Å²) in [6, 6.07) is 9.04. The first-order valence-corrected chi connectivity index (χ1v) is 7.56. The normalized spacial score (nSPS) is 16.8. The number of rotatable bonds is 5. The molecule has 0 aromatic heterocycles. The van der Waals surface area contributed by atoms with Gasteiger partial charge < -0.3 is 5.32 Å². The second-order valence-electron chi connectivity index (χ2n) is 6.67. The van der Waals surface area contributed by atoms with Gasteiger partial charge in [0.05, 0.1) is 0 Å². The zero-order valence-electron chi connectivity index (χ0n) is 12.6. The van der Waals surface area contributed by atoms with Crippen molar-refractivity contribution in [3.63, 3.8) is 0 Å². The van der Waals surface area contributed by atoms with E-state index in [-0.39, 0.29) is 5.54 Å². The van der Waals surface area contributed by atoms with Crippen molar-refractivity contribution in [3.05, 3.63) is 41.5 Å². The maximum atomic E-state index is 3.50. The van der Waals surface area contributed by atoms with Gasteiger partial charge in [0.15, 0.2) is 0 Å². The van der Waals surface area contributed by atoms with Gasteiger partial charge in [-0.2, -0.15) is 0 Å². The lowest BCUT2D eigenvalue weighted by molar-refractivity contribution is 0.420. The molecule has 19 heavy (non-hydrogen) atoms. The first-order chi connectivity index (χ1) is 9.04. The number of hydrogen-bond acceptors (Lipinski definition) is 1. The second kappa shape index (κ2) is 6.38. The zero-order valence-corrected chi connectivity index (χ0v) is 12.6. The maximum absolute atomic E-state index is 3.50. The summed E-state index contributed by atoms with van der Waals surface area (Å²) >= 11 is 0. The minimum atomic E-state index is 0.220. The van der Waals surface area contributed by atoms with Gasteiger partial charge >= 0.3 is 0 Å². The summed E-state index contributed by atoms with van der Waals surface area (Å²) in [5.74, 6) is 0.830. The largest absolute Gasteiger partial charge is 0.312 e. The van der Waals surface area contributed by atoms with E-state index in [2.05, 4.69) is 62.5 Å². The van der Waals surface area contributed by atoms with Crippen molar-refractivity contribution in [1.82, 2.24) is 5.32 Å². The molecular weight excluding hydrogens is 230 g/mol. The van der Waals surface area contributed by atoms with E-state index >= 15 is 0 Å². The van der Waals surface area contributed by atoms with Crippen LogP contribution in [-0.4, -0.2) is 12.1 Å². The Labute approximate surface area is 118 Å². The Morgan fingerprint density at radius 1 is 1.26 bits per heavy atom. The average molecular weight is 257 g/mol. The molecule has 1 N–H and O–H groups in total. The number of benzene rings is 1. The molecule has 1 heteroatoms. The van der Waals surface area contributed by atoms with Crippen LogP contribution in [-0.2, 0) is 0 Å². The molecule has 1 aromatic rings. The molecule has 1 nitrogen and oxygen atoms in total. The van der Waals surface area contributed by atoms with Gasteiger partial charge in [-0.25, -0.2) is 0 Å². The molecule has 1 saturated carbocycles. The Balaban J connectivity index is 1.81. The Hall–Kier alpha value is -1.08. The van der Waals surface area contributed by atoms with Gasteiger partial charge in [0.25, 0.3) is 0 Å². The van der Waals surface area contributed by atoms with Crippen LogP contribution in [0, 0.1) is 0 Å². The summed E-state index contributed by atoms with van der Waals surface area (Å²) in [5.41, 5.74) is 3.10. The van der Waals surface area contributed by atoms with Crippen LogP contribution in [0.5, 0.6) is 0 Å². The van der Waals surface area contributed by atoms with E-state index in [0.29, 0.717) is 0 Å². The molecule has 0 heterocycles. The highest BCUT2D eigenvalue weighted by atomic mass is 14.9. The molecule has 1 aliphatic rings. The van der Waals surface area contributed by atoms with E-state index in [0.717, 1.165) is 18.9 Å². The highest BCUT2D eigenvalue weighted by Crippen LogP contribution is 2.36. The summed E-state index contributed by atoms with van der Waals surface area (Å²) in [6.45, 7) is 7.67. The molecule has 104 valence electrons. The molecule has 0 aliphatic heterocycles. The molecule has 0 spiro atoms. The molecule has 1 aromatic carbocycles. The first-order valence-electron chi connectivity index (χ1n) is 7.56. The van der Waals surface area contributed by atoms with Crippen LogP contribution in [0.25, 0.3) is 6.08 Å². The van der Waals surface area contributed by atoms with Crippen molar-refractivity contribution in [2.45, 2.75) is 57.9 Å². The summed E-state index contributed by atoms with van der Waals surface area (Å²) < 4.78 is 0. The third-order valence-electron chi connectivity index (χ3n) is 3.76. The highest BCUT2D eigenvalue weighted by molar-refractivity contribution is 5.50. The van der Waals surface area contributed by atoms with Crippen LogP contribution < -0.4 is 5.32 Å². The van der Waals surface area contributed by atoms with Crippen LogP contribution >= 0.6 is 0 Å². The van der Waals surface area contributed by atoms with Crippen LogP contribution in [0.15, 0.2) is 30.3 Å². The summed E-state index contributed by atoms with van der Waals surface area (Å²) in [4.78, 5) is 0. The predicted molar refractivity (Wildman–Crippen MR) is 84.4 cm³/mol. The monoisotopic (exact) mass is 257 g/mol. The summed E-state index contributed by atoms with van der Waals surface area (Å²) in [7, 11) is 0. The molecule has 0 amide bonds. The Kier molecular flexibility index (Phi) is 4.81. The lowest BCUT2D eigenvalue weighted by atomic mass is 9.80. The molecule has 0 saturated heterocycles. The van der Waals surface area contributed by atoms with Crippen LogP contribution in [0.1, 0.15) is 63.5 Å². The SMILES string of the molecule is CC(C)(C)NCC/C=C/c1cccc(C2CCC2)c1. The lowest BCUT2D eigenvalue weighted by Gasteiger charge is -2.25. The van der Waals surface area contributed by atoms with E-state index in [1.54, 1.807) is 0 Å². The van der Waals surface area contributed by atoms with Crippen molar-refractivity contribution in [3.8, 4) is 0 Å². The van der Waals surface area contributed by atoms with E-state index in [1.165, 1.54) is 30.4 Å². The molecule has 2 rings (SSSR count). The zero-order chi connectivity index (χ0) is 13.7. The second-order valence-corrected chi connectivity index (χ2v) is 6.67. The minimum Gasteiger partial charge on any atom is -0.312 e. The molecule has 1 aliphatic carbocycles. The highest BCUT2D eigenvalue weighted by Gasteiger charge is 2.18. The first kappa shape index (κ1) is 14.3. The van der Waals surface area contributed by atoms with Gasteiger partial charge in [0.1, 0.15) is 0 Å². The molecule has 0 radical (unpaired) electrons. The fourth-order valence-electron chi connectivity index (χ4n) is 2.41. The summed E-state index contributed by atoms with van der Waals surface area (Å²) in [6.07, 6.45) is 9.78. The van der Waals surface area contributed by atoms with Gasteiger partial charge in [-0.1, -0.05) is 42.8 Å². The van der Waals surface area contributed by atoms with E-state index in [9.17, 15) is 0 Å². The fraction of sp³-hybridized carbons (Fsp3) is 0.556. The third-order valence-corrected chi connectivity index (χ3v) is 3.76. The van der Waals surface area contributed by atoms with E-state index < -0.39 is 0 Å². The predicted octanol–water partition coefficient (Wildman–Crippen LogP) is 4.75. The van der Waals surface area contributed by atoms with Gasteiger partial charge in [0, 0.05) is 5.54 Å². The van der Waals surface area contributed by atoms with E-state index in [4.69, 9.17) is 0 Å². The third kappa shape index (κ3) is 4.83. The van der Waals surface area contributed by atoms with Crippen LogP contribution in [0.2, 0.25) is 0 Å². The standard InChI is InChI=1S/C18H27N/c1-18(2,3)19-13-5-4-8-15-9-6-12-17(14-15)16-10-7-11-16/h4,6,8-9,12,14,16,19H,5,7,10-11,13H2,1-3H3/b8-4+. The Morgan fingerprint density at radius 3 is 2.68 bits per heavy atom. The Morgan fingerprint density at radius 2 is 2.05 bits per heavy atom. The van der Waals surface area contributed by atoms with Crippen molar-refractivity contribution in [2.24, 2.45) is 0 Å². The molecule has 0 atom stereocenters. The van der Waals surface area contributed by atoms with Gasteiger partial charge in [0.2, 0.25) is 0 Å². The van der Waals surface area contributed by atoms with Crippen molar-refractivity contribution < 1.29 is 0 Å². The summed E-state index contributed by atoms with van der Waals surface area (Å²) in [5, 5.41) is 3.50. The van der Waals surface area contributed by atoms with Gasteiger partial charge in [-0.3, -0.25) is 0 Å². The van der Waals surface area contributed by atoms with Gasteiger partial charge in [-0.05, 0) is 63.6 Å². The molecule has 0 unspecified atom stereocenters. The maximum Gasteiger partial charge on any atom is 0.00966 e. The fourth-order valence-corrected chi connectivity index (χ4v) is 2.41. The molecule has 1 fully saturated rings. The van der Waals surface area contributed by atoms with Crippen LogP contribution in [0.3, 0.4) is 0 Å². The van der Waals surface area contributed by atoms with E-state index in [1.807, 2.05) is 0 Å². The minimum absolute atomic E-state index is 0.220. The topological polar surface area (TPSA) is 12.0 Å². The van der Waals surface area contributed by atoms with Crippen molar-refractivity contribution in [1.29, 1.82) is 0 Å². The smallest absolute Gasteiger partial charge is 0.00966 e. The average Bonchev–Trinajstić information content (AvgIpc) is 2.25.